The zero-order valence-corrected chi connectivity index (χ0v) is 53.8. The molecule has 2 aliphatic heterocycles. The van der Waals surface area contributed by atoms with Gasteiger partial charge in [-0.05, 0) is 193 Å². The van der Waals surface area contributed by atoms with Gasteiger partial charge in [0.05, 0.1) is 11.1 Å². The van der Waals surface area contributed by atoms with E-state index in [4.69, 9.17) is 4.42 Å². The highest BCUT2D eigenvalue weighted by Gasteiger charge is 2.50. The van der Waals surface area contributed by atoms with Crippen molar-refractivity contribution in [3.8, 4) is 0 Å². The Morgan fingerprint density at radius 1 is 0.368 bits per heavy atom. The summed E-state index contributed by atoms with van der Waals surface area (Å²) < 4.78 is 6.80. The highest BCUT2D eigenvalue weighted by molar-refractivity contribution is 7.00. The molecule has 1 aromatic heterocycles. The third-order valence-corrected chi connectivity index (χ3v) is 21.0. The van der Waals surface area contributed by atoms with Gasteiger partial charge in [0, 0.05) is 72.5 Å². The highest BCUT2D eigenvalue weighted by atomic mass is 16.3. The molecule has 0 N–H and O–H groups in total. The molecule has 3 heterocycles. The Hall–Kier alpha value is -8.54. The molecule has 87 heavy (non-hydrogen) atoms. The highest BCUT2D eigenvalue weighted by Crippen LogP contribution is 2.56. The first-order chi connectivity index (χ1) is 41.3. The van der Waals surface area contributed by atoms with Crippen molar-refractivity contribution in [3.05, 3.63) is 261 Å². The number of nitrogens with zero attached hydrogens (tertiary/aromatic N) is 3. The number of aryl methyl sites for hydroxylation is 2. The van der Waals surface area contributed by atoms with Crippen molar-refractivity contribution in [3.63, 3.8) is 0 Å². The first kappa shape index (κ1) is 55.1. The third-order valence-electron chi connectivity index (χ3n) is 21.0. The Kier molecular flexibility index (Phi) is 11.7. The van der Waals surface area contributed by atoms with Gasteiger partial charge in [-0.1, -0.05) is 206 Å². The molecule has 0 saturated carbocycles. The van der Waals surface area contributed by atoms with Crippen LogP contribution in [0.25, 0.3) is 21.9 Å². The number of benzene rings is 10. The molecule has 11 aromatic rings. The van der Waals surface area contributed by atoms with Crippen molar-refractivity contribution in [2.45, 2.75) is 143 Å². The summed E-state index contributed by atoms with van der Waals surface area (Å²) in [5.74, 6) is 0. The van der Waals surface area contributed by atoms with Crippen LogP contribution in [0.15, 0.2) is 199 Å². The molecule has 2 aliphatic carbocycles. The van der Waals surface area contributed by atoms with Crippen LogP contribution in [-0.4, -0.2) is 6.71 Å². The van der Waals surface area contributed by atoms with Gasteiger partial charge in [0.15, 0.2) is 0 Å². The molecule has 5 heteroatoms. The average Bonchev–Trinajstić information content (AvgIpc) is 0.754. The van der Waals surface area contributed by atoms with E-state index in [1.165, 1.54) is 112 Å². The van der Waals surface area contributed by atoms with E-state index in [-0.39, 0.29) is 39.2 Å². The van der Waals surface area contributed by atoms with Crippen LogP contribution in [-0.2, 0) is 32.5 Å². The first-order valence-corrected chi connectivity index (χ1v) is 31.6. The Morgan fingerprint density at radius 2 is 0.805 bits per heavy atom. The van der Waals surface area contributed by atoms with Crippen LogP contribution in [0.4, 0.5) is 51.2 Å². The summed E-state index contributed by atoms with van der Waals surface area (Å²) in [5, 5.41) is 2.23. The van der Waals surface area contributed by atoms with Crippen molar-refractivity contribution in [2.24, 2.45) is 0 Å². The van der Waals surface area contributed by atoms with Gasteiger partial charge in [-0.2, -0.15) is 0 Å². The fourth-order valence-corrected chi connectivity index (χ4v) is 16.2. The van der Waals surface area contributed by atoms with Gasteiger partial charge in [0.1, 0.15) is 11.2 Å². The lowest BCUT2D eigenvalue weighted by Gasteiger charge is -2.49. The zero-order valence-electron chi connectivity index (χ0n) is 53.8. The minimum atomic E-state index is -0.293. The van der Waals surface area contributed by atoms with Crippen LogP contribution in [0.2, 0.25) is 0 Å². The van der Waals surface area contributed by atoms with Crippen LogP contribution in [0.3, 0.4) is 0 Å². The summed E-state index contributed by atoms with van der Waals surface area (Å²) in [6, 6.07) is 75.1. The quantitative estimate of drug-likeness (QED) is 0.160. The number of rotatable bonds is 5. The van der Waals surface area contributed by atoms with Crippen LogP contribution in [0.5, 0.6) is 0 Å². The molecule has 0 amide bonds. The predicted molar refractivity (Wildman–Crippen MR) is 371 cm³/mol. The van der Waals surface area contributed by atoms with Gasteiger partial charge in [-0.15, -0.1) is 0 Å². The zero-order chi connectivity index (χ0) is 60.8. The molecule has 4 aliphatic rings. The third kappa shape index (κ3) is 7.96. The molecular weight excluding hydrogens is 1050 g/mol. The first-order valence-electron chi connectivity index (χ1n) is 31.6. The second-order valence-electron chi connectivity index (χ2n) is 30.0. The summed E-state index contributed by atoms with van der Waals surface area (Å²) in [6.07, 6.45) is 0. The maximum Gasteiger partial charge on any atom is 0.252 e. The van der Waals surface area contributed by atoms with E-state index in [9.17, 15) is 0 Å². The molecule has 0 atom stereocenters. The minimum absolute atomic E-state index is 0.00314. The molecule has 0 radical (unpaired) electrons. The molecule has 15 rings (SSSR count). The van der Waals surface area contributed by atoms with E-state index in [0.29, 0.717) is 0 Å². The maximum atomic E-state index is 6.80. The molecule has 0 unspecified atom stereocenters. The van der Waals surface area contributed by atoms with E-state index in [1.807, 2.05) is 0 Å². The second-order valence-corrected chi connectivity index (χ2v) is 30.0. The van der Waals surface area contributed by atoms with E-state index < -0.39 is 0 Å². The van der Waals surface area contributed by atoms with Crippen molar-refractivity contribution in [1.82, 2.24) is 0 Å². The van der Waals surface area contributed by atoms with Crippen molar-refractivity contribution >= 4 is 96.2 Å². The summed E-state index contributed by atoms with van der Waals surface area (Å²) in [6.45, 7) is 37.8. The number of fused-ring (bicyclic) bond motifs is 11. The number of anilines is 9. The van der Waals surface area contributed by atoms with E-state index in [1.54, 1.807) is 0 Å². The number of hydrogen-bond donors (Lipinski definition) is 0. The van der Waals surface area contributed by atoms with Crippen molar-refractivity contribution in [2.75, 3.05) is 14.7 Å². The molecule has 0 bridgehead atoms. The van der Waals surface area contributed by atoms with E-state index in [0.717, 1.165) is 44.7 Å². The molecule has 10 aromatic carbocycles. The topological polar surface area (TPSA) is 22.9 Å². The predicted octanol–water partition coefficient (Wildman–Crippen LogP) is 20.3. The number of hydrogen-bond acceptors (Lipinski definition) is 4. The van der Waals surface area contributed by atoms with Gasteiger partial charge in [-0.3, -0.25) is 0 Å². The lowest BCUT2D eigenvalue weighted by atomic mass is 9.33. The molecule has 4 nitrogen and oxygen atoms in total. The Labute approximate surface area is 516 Å². The minimum Gasteiger partial charge on any atom is -0.456 e. The van der Waals surface area contributed by atoms with E-state index in [2.05, 4.69) is 320 Å². The van der Waals surface area contributed by atoms with Gasteiger partial charge >= 0.3 is 0 Å². The SMILES string of the molecule is Cc1cc2c3c(c1)N(c1cccc4oc5ccccc5c14)c1cc4c(cc1B3c1cc(N(c3ccc(C(C)(C)C)cc3)c3ccc(C(C)(C)C)cc3)ccc1N2c1cc2c(cc1C)C(C)(C)c1ccccc1C2(C)C)C(C)(C)c1ccccc1C4(C)C. The lowest BCUT2D eigenvalue weighted by molar-refractivity contribution is 0.520. The fraction of sp³-hybridized carbons (Fsp3) is 0.268. The molecule has 0 fully saturated rings. The average molecular weight is 1130 g/mol. The number of para-hydroxylation sites is 1. The van der Waals surface area contributed by atoms with Crippen molar-refractivity contribution in [1.29, 1.82) is 0 Å². The molecule has 0 spiro atoms. The normalized spacial score (nSPS) is 16.3. The largest absolute Gasteiger partial charge is 0.456 e. The number of furan rings is 1. The van der Waals surface area contributed by atoms with Crippen LogP contribution in [0, 0.1) is 13.8 Å². The van der Waals surface area contributed by atoms with Crippen LogP contribution in [0.1, 0.15) is 164 Å². The molecule has 432 valence electrons. The second kappa shape index (κ2) is 18.5. The summed E-state index contributed by atoms with van der Waals surface area (Å²) in [5.41, 5.74) is 31.2. The van der Waals surface area contributed by atoms with Gasteiger partial charge < -0.3 is 19.1 Å². The molecule has 0 saturated heterocycles. The van der Waals surface area contributed by atoms with Gasteiger partial charge in [0.25, 0.3) is 6.71 Å². The fourth-order valence-electron chi connectivity index (χ4n) is 16.2. The summed E-state index contributed by atoms with van der Waals surface area (Å²) in [4.78, 5) is 7.80. The lowest BCUT2D eigenvalue weighted by Crippen LogP contribution is -2.62. The molecular formula is C82H80BN3O. The summed E-state index contributed by atoms with van der Waals surface area (Å²) >= 11 is 0. The van der Waals surface area contributed by atoms with Gasteiger partial charge in [-0.25, -0.2) is 0 Å². The van der Waals surface area contributed by atoms with Crippen LogP contribution < -0.4 is 31.1 Å². The maximum absolute atomic E-state index is 6.80. The Bertz CT molecular complexity index is 4630. The monoisotopic (exact) mass is 1130 g/mol. The Balaban J connectivity index is 1.06. The Morgan fingerprint density at radius 3 is 1.33 bits per heavy atom. The van der Waals surface area contributed by atoms with Gasteiger partial charge in [0.2, 0.25) is 0 Å². The summed E-state index contributed by atoms with van der Waals surface area (Å²) in [7, 11) is 0. The smallest absolute Gasteiger partial charge is 0.252 e. The van der Waals surface area contributed by atoms with E-state index >= 15 is 0 Å². The van der Waals surface area contributed by atoms with Crippen molar-refractivity contribution < 1.29 is 4.42 Å². The standard InChI is InChI=1S/C82H80BN3O/c1-49-42-71-76-72(43-49)86(68-29-23-31-74-75(68)56-24-17-22-30-73(56)87-74)70-48-64-62(80(11,12)58-26-19-21-28-60(58)82(64,15)16)46-66(70)83(76)65-45-55(84(53-36-32-51(33-37-53)77(3,4)5)54-38-34-52(35-39-54)78(6,7)8)40-41-67(65)85(71)69-47-63-61(44-50(69)2)79(9,10)57-25-18-20-27-59(57)81(63,13)14/h17-48H,1-16H3. The van der Waals surface area contributed by atoms with Crippen LogP contribution >= 0.6 is 0 Å².